The summed E-state index contributed by atoms with van der Waals surface area (Å²) in [4.78, 5) is 4.50. The molecule has 0 amide bonds. The zero-order valence-electron chi connectivity index (χ0n) is 18.0. The number of aliphatic imine (C=N–C) groups is 1. The molecule has 2 N–H and O–H groups in total. The standard InChI is InChI=1S/C22H29F2N3O3.HI/c1-4-25-22(26-14-17-7-5-6-8-19(17)30-21(23)24)27-15-18-10-9-16(2)13-20(18)29-12-11-28-3;/h5-10,13,21H,4,11-12,14-15H2,1-3H3,(H2,25,26,27);1H. The lowest BCUT2D eigenvalue weighted by Crippen LogP contribution is -2.36. The number of ether oxygens (including phenoxy) is 3. The molecule has 0 atom stereocenters. The molecule has 0 aromatic heterocycles. The summed E-state index contributed by atoms with van der Waals surface area (Å²) in [6.45, 7) is 3.40. The molecule has 0 saturated carbocycles. The first-order chi connectivity index (χ1) is 14.5. The molecule has 172 valence electrons. The highest BCUT2D eigenvalue weighted by Gasteiger charge is 2.10. The maximum atomic E-state index is 12.6. The van der Waals surface area contributed by atoms with E-state index in [2.05, 4.69) is 20.4 Å². The van der Waals surface area contributed by atoms with Gasteiger partial charge in [0.25, 0.3) is 0 Å². The Bertz CT molecular complexity index is 822. The number of para-hydroxylation sites is 1. The second kappa shape index (κ2) is 14.8. The first-order valence-electron chi connectivity index (χ1n) is 9.79. The molecule has 6 nitrogen and oxygen atoms in total. The van der Waals surface area contributed by atoms with Gasteiger partial charge in [0.05, 0.1) is 13.2 Å². The Morgan fingerprint density at radius 2 is 1.81 bits per heavy atom. The average Bonchev–Trinajstić information content (AvgIpc) is 2.72. The number of rotatable bonds is 11. The molecule has 0 heterocycles. The zero-order valence-corrected chi connectivity index (χ0v) is 20.3. The lowest BCUT2D eigenvalue weighted by atomic mass is 10.1. The van der Waals surface area contributed by atoms with E-state index >= 15 is 0 Å². The van der Waals surface area contributed by atoms with Gasteiger partial charge in [0.2, 0.25) is 0 Å². The molecule has 0 aliphatic carbocycles. The van der Waals surface area contributed by atoms with Crippen molar-refractivity contribution in [3.8, 4) is 11.5 Å². The molecule has 2 aromatic carbocycles. The topological polar surface area (TPSA) is 64.1 Å². The fourth-order valence-electron chi connectivity index (χ4n) is 2.71. The van der Waals surface area contributed by atoms with Gasteiger partial charge in [0.15, 0.2) is 5.96 Å². The van der Waals surface area contributed by atoms with E-state index in [-0.39, 0.29) is 36.3 Å². The first-order valence-corrected chi connectivity index (χ1v) is 9.79. The molecule has 0 aliphatic rings. The minimum Gasteiger partial charge on any atom is -0.491 e. The van der Waals surface area contributed by atoms with Crippen LogP contribution in [0.3, 0.4) is 0 Å². The first kappa shape index (κ1) is 26.9. The molecule has 0 spiro atoms. The number of nitrogens with one attached hydrogen (secondary N) is 2. The molecule has 9 heteroatoms. The van der Waals surface area contributed by atoms with E-state index in [1.807, 2.05) is 32.0 Å². The third kappa shape index (κ3) is 9.69. The molecule has 2 rings (SSSR count). The van der Waals surface area contributed by atoms with Crippen LogP contribution in [0, 0.1) is 6.92 Å². The molecule has 2 aromatic rings. The number of aryl methyl sites for hydroxylation is 1. The quantitative estimate of drug-likeness (QED) is 0.187. The van der Waals surface area contributed by atoms with Crippen LogP contribution in [0.1, 0.15) is 23.6 Å². The lowest BCUT2D eigenvalue weighted by Gasteiger charge is -2.15. The smallest absolute Gasteiger partial charge is 0.387 e. The van der Waals surface area contributed by atoms with Gasteiger partial charge in [-0.15, -0.1) is 24.0 Å². The highest BCUT2D eigenvalue weighted by Crippen LogP contribution is 2.22. The van der Waals surface area contributed by atoms with Crippen LogP contribution >= 0.6 is 24.0 Å². The van der Waals surface area contributed by atoms with Crippen molar-refractivity contribution in [3.63, 3.8) is 0 Å². The summed E-state index contributed by atoms with van der Waals surface area (Å²) >= 11 is 0. The van der Waals surface area contributed by atoms with Gasteiger partial charge >= 0.3 is 6.61 Å². The van der Waals surface area contributed by atoms with Crippen molar-refractivity contribution in [1.29, 1.82) is 0 Å². The molecule has 0 aliphatic heterocycles. The predicted molar refractivity (Wildman–Crippen MR) is 129 cm³/mol. The highest BCUT2D eigenvalue weighted by atomic mass is 127. The normalized spacial score (nSPS) is 11.1. The van der Waals surface area contributed by atoms with Crippen molar-refractivity contribution in [2.75, 3.05) is 26.9 Å². The van der Waals surface area contributed by atoms with Crippen LogP contribution in [-0.4, -0.2) is 39.4 Å². The van der Waals surface area contributed by atoms with E-state index in [1.165, 1.54) is 6.07 Å². The van der Waals surface area contributed by atoms with Crippen LogP contribution in [-0.2, 0) is 17.8 Å². The number of nitrogens with zero attached hydrogens (tertiary/aromatic N) is 1. The van der Waals surface area contributed by atoms with Crippen LogP contribution in [0.5, 0.6) is 11.5 Å². The van der Waals surface area contributed by atoms with Crippen LogP contribution < -0.4 is 20.1 Å². The van der Waals surface area contributed by atoms with Crippen LogP contribution in [0.2, 0.25) is 0 Å². The summed E-state index contributed by atoms with van der Waals surface area (Å²) < 4.78 is 40.6. The number of methoxy groups -OCH3 is 1. The van der Waals surface area contributed by atoms with Crippen molar-refractivity contribution in [2.24, 2.45) is 4.99 Å². The van der Waals surface area contributed by atoms with E-state index in [0.717, 1.165) is 16.9 Å². The summed E-state index contributed by atoms with van der Waals surface area (Å²) in [6.07, 6.45) is 0. The summed E-state index contributed by atoms with van der Waals surface area (Å²) in [7, 11) is 1.63. The number of hydrogen-bond donors (Lipinski definition) is 2. The largest absolute Gasteiger partial charge is 0.491 e. The third-order valence-electron chi connectivity index (χ3n) is 4.15. The van der Waals surface area contributed by atoms with Crippen molar-refractivity contribution in [1.82, 2.24) is 10.6 Å². The molecular weight excluding hydrogens is 519 g/mol. The van der Waals surface area contributed by atoms with E-state index < -0.39 is 6.61 Å². The second-order valence-electron chi connectivity index (χ2n) is 6.49. The van der Waals surface area contributed by atoms with Crippen LogP contribution in [0.25, 0.3) is 0 Å². The molecule has 31 heavy (non-hydrogen) atoms. The number of benzene rings is 2. The van der Waals surface area contributed by atoms with Gasteiger partial charge in [-0.1, -0.05) is 30.3 Å². The molecular formula is C22H30F2IN3O3. The van der Waals surface area contributed by atoms with Gasteiger partial charge in [0, 0.05) is 31.3 Å². The van der Waals surface area contributed by atoms with Crippen molar-refractivity contribution >= 4 is 29.9 Å². The van der Waals surface area contributed by atoms with E-state index in [0.29, 0.717) is 37.8 Å². The van der Waals surface area contributed by atoms with E-state index in [4.69, 9.17) is 9.47 Å². The van der Waals surface area contributed by atoms with Crippen molar-refractivity contribution in [2.45, 2.75) is 33.5 Å². The van der Waals surface area contributed by atoms with Crippen LogP contribution in [0.4, 0.5) is 8.78 Å². The summed E-state index contributed by atoms with van der Waals surface area (Å²) in [5.74, 6) is 1.47. The molecule has 0 saturated heterocycles. The van der Waals surface area contributed by atoms with Crippen molar-refractivity contribution in [3.05, 3.63) is 59.2 Å². The van der Waals surface area contributed by atoms with Gasteiger partial charge in [-0.2, -0.15) is 8.78 Å². The van der Waals surface area contributed by atoms with Gasteiger partial charge in [0.1, 0.15) is 18.1 Å². The Morgan fingerprint density at radius 1 is 1.03 bits per heavy atom. The van der Waals surface area contributed by atoms with Crippen LogP contribution in [0.15, 0.2) is 47.5 Å². The number of alkyl halides is 2. The molecule has 0 bridgehead atoms. The maximum absolute atomic E-state index is 12.6. The summed E-state index contributed by atoms with van der Waals surface area (Å²) in [5.41, 5.74) is 2.65. The van der Waals surface area contributed by atoms with Gasteiger partial charge < -0.3 is 24.8 Å². The molecule has 0 radical (unpaired) electrons. The van der Waals surface area contributed by atoms with Gasteiger partial charge in [-0.05, 0) is 31.5 Å². The Balaban J connectivity index is 0.00000480. The Labute approximate surface area is 199 Å². The summed E-state index contributed by atoms with van der Waals surface area (Å²) in [5, 5.41) is 6.41. The second-order valence-corrected chi connectivity index (χ2v) is 6.49. The molecule has 0 fully saturated rings. The third-order valence-corrected chi connectivity index (χ3v) is 4.15. The zero-order chi connectivity index (χ0) is 21.8. The SMILES string of the molecule is CCNC(=NCc1ccccc1OC(F)F)NCc1ccc(C)cc1OCCOC.I. The van der Waals surface area contributed by atoms with Gasteiger partial charge in [-0.25, -0.2) is 4.99 Å². The maximum Gasteiger partial charge on any atom is 0.387 e. The number of hydrogen-bond acceptors (Lipinski definition) is 4. The summed E-state index contributed by atoms with van der Waals surface area (Å²) in [6, 6.07) is 12.6. The minimum absolute atomic E-state index is 0. The fraction of sp³-hybridized carbons (Fsp3) is 0.409. The predicted octanol–water partition coefficient (Wildman–Crippen LogP) is 4.49. The average molecular weight is 549 g/mol. The lowest BCUT2D eigenvalue weighted by molar-refractivity contribution is -0.0504. The van der Waals surface area contributed by atoms with Gasteiger partial charge in [-0.3, -0.25) is 0 Å². The fourth-order valence-corrected chi connectivity index (χ4v) is 2.71. The highest BCUT2D eigenvalue weighted by molar-refractivity contribution is 14.0. The Morgan fingerprint density at radius 3 is 2.52 bits per heavy atom. The minimum atomic E-state index is -2.88. The number of guanidine groups is 1. The molecule has 0 unspecified atom stereocenters. The van der Waals surface area contributed by atoms with E-state index in [1.54, 1.807) is 25.3 Å². The number of halogens is 3. The Kier molecular flexibility index (Phi) is 12.8. The Hall–Kier alpha value is -2.14. The monoisotopic (exact) mass is 549 g/mol. The van der Waals surface area contributed by atoms with E-state index in [9.17, 15) is 8.78 Å². The van der Waals surface area contributed by atoms with Crippen molar-refractivity contribution < 1.29 is 23.0 Å².